The summed E-state index contributed by atoms with van der Waals surface area (Å²) in [5, 5.41) is 18.9. The van der Waals surface area contributed by atoms with Crippen LogP contribution in [0.2, 0.25) is 0 Å². The molecule has 0 aliphatic heterocycles. The molecule has 1 aromatic rings. The standard InChI is InChI=1S/C8H2BrF3N2O2/c9-7-5(14(15)16)2-1-4(3-13)6(7)8(10,11)12/h1-2H. The van der Waals surface area contributed by atoms with E-state index < -0.39 is 32.4 Å². The molecule has 4 nitrogen and oxygen atoms in total. The predicted octanol–water partition coefficient (Wildman–Crippen LogP) is 3.25. The Balaban J connectivity index is 3.62. The quantitative estimate of drug-likeness (QED) is 0.590. The molecule has 0 amide bonds. The first-order valence-electron chi connectivity index (χ1n) is 3.73. The van der Waals surface area contributed by atoms with Crippen molar-refractivity contribution in [2.45, 2.75) is 6.18 Å². The monoisotopic (exact) mass is 294 g/mol. The minimum Gasteiger partial charge on any atom is -0.258 e. The van der Waals surface area contributed by atoms with Crippen LogP contribution in [-0.4, -0.2) is 4.92 Å². The first kappa shape index (κ1) is 12.4. The minimum absolute atomic E-state index is 0.662. The lowest BCUT2D eigenvalue weighted by molar-refractivity contribution is -0.386. The van der Waals surface area contributed by atoms with Gasteiger partial charge < -0.3 is 0 Å². The molecule has 0 heterocycles. The molecule has 0 bridgehead atoms. The third-order valence-corrected chi connectivity index (χ3v) is 2.52. The second-order valence-corrected chi connectivity index (χ2v) is 3.48. The summed E-state index contributed by atoms with van der Waals surface area (Å²) in [6, 6.07) is 2.95. The largest absolute Gasteiger partial charge is 0.419 e. The summed E-state index contributed by atoms with van der Waals surface area (Å²) < 4.78 is 36.9. The molecule has 0 unspecified atom stereocenters. The van der Waals surface area contributed by atoms with Crippen LogP contribution < -0.4 is 0 Å². The molecule has 8 heteroatoms. The molecule has 1 rings (SSSR count). The zero-order valence-electron chi connectivity index (χ0n) is 7.38. The molecule has 0 N–H and O–H groups in total. The lowest BCUT2D eigenvalue weighted by atomic mass is 10.1. The Morgan fingerprint density at radius 3 is 2.38 bits per heavy atom. The third-order valence-electron chi connectivity index (χ3n) is 1.72. The molecule has 0 aromatic heterocycles. The number of nitro benzene ring substituents is 1. The Morgan fingerprint density at radius 2 is 2.00 bits per heavy atom. The van der Waals surface area contributed by atoms with Crippen molar-refractivity contribution in [3.8, 4) is 6.07 Å². The second kappa shape index (κ2) is 4.09. The number of hydrogen-bond donors (Lipinski definition) is 0. The Morgan fingerprint density at radius 1 is 1.44 bits per heavy atom. The molecule has 0 radical (unpaired) electrons. The maximum Gasteiger partial charge on any atom is 0.419 e. The molecular formula is C8H2BrF3N2O2. The summed E-state index contributed by atoms with van der Waals surface area (Å²) in [6.45, 7) is 0. The van der Waals surface area contributed by atoms with Gasteiger partial charge in [-0.05, 0) is 22.0 Å². The number of hydrogen-bond acceptors (Lipinski definition) is 3. The van der Waals surface area contributed by atoms with Gasteiger partial charge in [0.1, 0.15) is 4.47 Å². The average molecular weight is 295 g/mol. The van der Waals surface area contributed by atoms with Gasteiger partial charge in [-0.3, -0.25) is 10.1 Å². The number of halogens is 4. The van der Waals surface area contributed by atoms with Gasteiger partial charge in [-0.15, -0.1) is 0 Å². The minimum atomic E-state index is -4.82. The van der Waals surface area contributed by atoms with E-state index in [1.54, 1.807) is 0 Å². The van der Waals surface area contributed by atoms with Crippen LogP contribution in [0.3, 0.4) is 0 Å². The summed E-state index contributed by atoms with van der Waals surface area (Å²) in [7, 11) is 0. The molecule has 0 atom stereocenters. The number of benzene rings is 1. The van der Waals surface area contributed by atoms with Crippen molar-refractivity contribution in [2.75, 3.05) is 0 Å². The van der Waals surface area contributed by atoms with Crippen LogP contribution in [0.1, 0.15) is 11.1 Å². The zero-order chi connectivity index (χ0) is 12.5. The van der Waals surface area contributed by atoms with E-state index in [-0.39, 0.29) is 0 Å². The van der Waals surface area contributed by atoms with Crippen molar-refractivity contribution >= 4 is 21.6 Å². The third kappa shape index (κ3) is 2.14. The predicted molar refractivity (Wildman–Crippen MR) is 50.5 cm³/mol. The van der Waals surface area contributed by atoms with E-state index in [2.05, 4.69) is 15.9 Å². The molecule has 0 saturated heterocycles. The number of nitriles is 1. The van der Waals surface area contributed by atoms with Crippen LogP contribution in [-0.2, 0) is 6.18 Å². The summed E-state index contributed by atoms with van der Waals surface area (Å²) in [5.41, 5.74) is -2.72. The highest BCUT2D eigenvalue weighted by Crippen LogP contribution is 2.41. The fourth-order valence-corrected chi connectivity index (χ4v) is 1.79. The van der Waals surface area contributed by atoms with Gasteiger partial charge in [0.25, 0.3) is 5.69 Å². The summed E-state index contributed by atoms with van der Waals surface area (Å²) in [6.07, 6.45) is -4.82. The van der Waals surface area contributed by atoms with Gasteiger partial charge in [-0.1, -0.05) is 0 Å². The fraction of sp³-hybridized carbons (Fsp3) is 0.125. The normalized spacial score (nSPS) is 10.9. The van der Waals surface area contributed by atoms with E-state index in [0.717, 1.165) is 12.1 Å². The molecule has 0 saturated carbocycles. The van der Waals surface area contributed by atoms with Gasteiger partial charge in [-0.25, -0.2) is 0 Å². The van der Waals surface area contributed by atoms with E-state index in [9.17, 15) is 23.3 Å². The first-order chi connectivity index (χ1) is 7.29. The van der Waals surface area contributed by atoms with Crippen LogP contribution >= 0.6 is 15.9 Å². The van der Waals surface area contributed by atoms with E-state index >= 15 is 0 Å². The molecule has 16 heavy (non-hydrogen) atoms. The van der Waals surface area contributed by atoms with Gasteiger partial charge >= 0.3 is 6.18 Å². The van der Waals surface area contributed by atoms with E-state index in [4.69, 9.17) is 5.26 Å². The molecule has 1 aromatic carbocycles. The number of rotatable bonds is 1. The molecule has 0 aliphatic rings. The first-order valence-corrected chi connectivity index (χ1v) is 4.52. The number of nitro groups is 1. The Kier molecular flexibility index (Phi) is 3.19. The lowest BCUT2D eigenvalue weighted by Crippen LogP contribution is -2.10. The Bertz CT molecular complexity index is 493. The molecular weight excluding hydrogens is 293 g/mol. The maximum atomic E-state index is 12.5. The van der Waals surface area contributed by atoms with Crippen LogP contribution in [0.25, 0.3) is 0 Å². The zero-order valence-corrected chi connectivity index (χ0v) is 8.96. The number of alkyl halides is 3. The van der Waals surface area contributed by atoms with Gasteiger partial charge in [0.15, 0.2) is 0 Å². The topological polar surface area (TPSA) is 66.9 Å². The highest BCUT2D eigenvalue weighted by molar-refractivity contribution is 9.10. The summed E-state index contributed by atoms with van der Waals surface area (Å²) in [4.78, 5) is 9.47. The van der Waals surface area contributed by atoms with Crippen molar-refractivity contribution in [3.05, 3.63) is 37.8 Å². The molecule has 84 valence electrons. The van der Waals surface area contributed by atoms with Crippen LogP contribution in [0, 0.1) is 21.4 Å². The van der Waals surface area contributed by atoms with E-state index in [1.165, 1.54) is 6.07 Å². The van der Waals surface area contributed by atoms with Crippen molar-refractivity contribution < 1.29 is 18.1 Å². The van der Waals surface area contributed by atoms with Crippen molar-refractivity contribution in [3.63, 3.8) is 0 Å². The van der Waals surface area contributed by atoms with E-state index in [0.29, 0.717) is 0 Å². The SMILES string of the molecule is N#Cc1ccc([N+](=O)[O-])c(Br)c1C(F)(F)F. The number of nitrogens with zero attached hydrogens (tertiary/aromatic N) is 2. The van der Waals surface area contributed by atoms with E-state index in [1.807, 2.05) is 0 Å². The van der Waals surface area contributed by atoms with Crippen LogP contribution in [0.15, 0.2) is 16.6 Å². The summed E-state index contributed by atoms with van der Waals surface area (Å²) >= 11 is 2.50. The van der Waals surface area contributed by atoms with Crippen LogP contribution in [0.4, 0.5) is 18.9 Å². The highest BCUT2D eigenvalue weighted by atomic mass is 79.9. The van der Waals surface area contributed by atoms with Crippen molar-refractivity contribution in [1.82, 2.24) is 0 Å². The van der Waals surface area contributed by atoms with Crippen molar-refractivity contribution in [2.24, 2.45) is 0 Å². The van der Waals surface area contributed by atoms with Gasteiger partial charge in [0.05, 0.1) is 22.1 Å². The Hall–Kier alpha value is -1.62. The molecule has 0 fully saturated rings. The highest BCUT2D eigenvalue weighted by Gasteiger charge is 2.39. The fourth-order valence-electron chi connectivity index (χ4n) is 1.08. The van der Waals surface area contributed by atoms with Crippen LogP contribution in [0.5, 0.6) is 0 Å². The van der Waals surface area contributed by atoms with Gasteiger partial charge in [0, 0.05) is 6.07 Å². The Labute approximate surface area is 95.6 Å². The molecule has 0 aliphatic carbocycles. The van der Waals surface area contributed by atoms with Crippen molar-refractivity contribution in [1.29, 1.82) is 5.26 Å². The molecule has 0 spiro atoms. The average Bonchev–Trinajstić information content (AvgIpc) is 2.14. The lowest BCUT2D eigenvalue weighted by Gasteiger charge is -2.10. The maximum absolute atomic E-state index is 12.5. The summed E-state index contributed by atoms with van der Waals surface area (Å²) in [5.74, 6) is 0. The smallest absolute Gasteiger partial charge is 0.258 e. The van der Waals surface area contributed by atoms with Gasteiger partial charge in [0.2, 0.25) is 0 Å². The van der Waals surface area contributed by atoms with Gasteiger partial charge in [-0.2, -0.15) is 18.4 Å². The second-order valence-electron chi connectivity index (χ2n) is 2.69.